The average Bonchev–Trinajstić information content (AvgIpc) is 2.01. The Morgan fingerprint density at radius 3 is 0.556 bits per heavy atom. The summed E-state index contributed by atoms with van der Waals surface area (Å²) in [5, 5.41) is 29.7. The predicted molar refractivity (Wildman–Crippen MR) is 53.2 cm³/mol. The van der Waals surface area contributed by atoms with Crippen molar-refractivity contribution in [3.05, 3.63) is 0 Å². The van der Waals surface area contributed by atoms with Gasteiger partial charge < -0.3 is 20.4 Å². The van der Waals surface area contributed by atoms with Crippen molar-refractivity contribution in [2.45, 2.75) is 27.7 Å². The second kappa shape index (κ2) is 29.9. The third-order valence-electron chi connectivity index (χ3n) is 0. The van der Waals surface area contributed by atoms with Crippen LogP contribution < -0.4 is 0 Å². The molecule has 18 heavy (non-hydrogen) atoms. The number of hydrogen-bond donors (Lipinski definition) is 4. The Morgan fingerprint density at radius 1 is 0.556 bits per heavy atom. The van der Waals surface area contributed by atoms with Crippen molar-refractivity contribution in [1.29, 1.82) is 0 Å². The molecular formula is C8H16O8W2. The second-order valence-electron chi connectivity index (χ2n) is 2.08. The molecule has 0 aromatic rings. The molecule has 10 heteroatoms. The van der Waals surface area contributed by atoms with Gasteiger partial charge in [0.2, 0.25) is 0 Å². The number of hydrogen-bond acceptors (Lipinski definition) is 4. The normalized spacial score (nSPS) is 5.67. The van der Waals surface area contributed by atoms with E-state index in [0.29, 0.717) is 0 Å². The van der Waals surface area contributed by atoms with Gasteiger partial charge in [-0.1, -0.05) is 0 Å². The van der Waals surface area contributed by atoms with Crippen LogP contribution in [-0.4, -0.2) is 44.3 Å². The fraction of sp³-hybridized carbons (Fsp3) is 0.500. The second-order valence-corrected chi connectivity index (χ2v) is 2.08. The first-order valence-corrected chi connectivity index (χ1v) is 14.9. The van der Waals surface area contributed by atoms with Crippen LogP contribution in [0, 0.1) is 0 Å². The van der Waals surface area contributed by atoms with Crippen molar-refractivity contribution in [2.75, 3.05) is 0 Å². The topological polar surface area (TPSA) is 149 Å². The van der Waals surface area contributed by atoms with E-state index in [1.807, 2.05) is 0 Å². The van der Waals surface area contributed by atoms with E-state index >= 15 is 0 Å². The molecular weight excluding hydrogens is 592 g/mol. The van der Waals surface area contributed by atoms with Gasteiger partial charge >= 0.3 is 31.9 Å². The number of carboxylic acids is 4. The summed E-state index contributed by atoms with van der Waals surface area (Å²) in [7, 11) is 0. The molecule has 0 rings (SSSR count). The van der Waals surface area contributed by atoms with Crippen LogP contribution in [0.1, 0.15) is 27.7 Å². The zero-order valence-corrected chi connectivity index (χ0v) is 16.1. The Kier molecular flexibility index (Phi) is 50.4. The molecule has 0 saturated heterocycles. The van der Waals surface area contributed by atoms with E-state index in [-0.39, 0.29) is 0 Å². The van der Waals surface area contributed by atoms with Gasteiger partial charge in [-0.2, -0.15) is 0 Å². The molecule has 0 bridgehead atoms. The molecule has 4 N–H and O–H groups in total. The molecule has 0 saturated carbocycles. The summed E-state index contributed by atoms with van der Waals surface area (Å²) in [6.45, 7) is 4.33. The monoisotopic (exact) mass is 608 g/mol. The average molecular weight is 608 g/mol. The van der Waals surface area contributed by atoms with Crippen molar-refractivity contribution >= 4 is 23.9 Å². The van der Waals surface area contributed by atoms with Crippen molar-refractivity contribution in [3.63, 3.8) is 0 Å². The summed E-state index contributed by atoms with van der Waals surface area (Å²) in [6, 6.07) is 0. The Bertz CT molecular complexity index is 197. The molecule has 0 aliphatic heterocycles. The summed E-state index contributed by atoms with van der Waals surface area (Å²) < 4.78 is 0. The molecule has 0 fully saturated rings. The maximum absolute atomic E-state index is 9.00. The quantitative estimate of drug-likeness (QED) is 0.309. The molecule has 0 aromatic heterocycles. The zero-order valence-electron chi connectivity index (χ0n) is 10.2. The van der Waals surface area contributed by atoms with Crippen LogP contribution in [0.3, 0.4) is 0 Å². The van der Waals surface area contributed by atoms with Crippen LogP contribution in [0.2, 0.25) is 0 Å². The van der Waals surface area contributed by atoms with E-state index in [2.05, 4.69) is 0 Å². The van der Waals surface area contributed by atoms with Crippen molar-refractivity contribution in [1.82, 2.24) is 0 Å². The van der Waals surface area contributed by atoms with Crippen molar-refractivity contribution in [2.24, 2.45) is 0 Å². The summed E-state index contributed by atoms with van der Waals surface area (Å²) >= 11 is 3.33. The molecule has 0 heterocycles. The molecule has 0 atom stereocenters. The van der Waals surface area contributed by atoms with E-state index in [1.54, 1.807) is 31.9 Å². The summed E-state index contributed by atoms with van der Waals surface area (Å²) in [6.07, 6.45) is 0. The number of carbonyl (C=O) groups is 4. The minimum atomic E-state index is -0.833. The van der Waals surface area contributed by atoms with Crippen LogP contribution in [0.15, 0.2) is 0 Å². The van der Waals surface area contributed by atoms with Crippen LogP contribution in [0.4, 0.5) is 0 Å². The summed E-state index contributed by atoms with van der Waals surface area (Å²) in [4.78, 5) is 36.0. The molecule has 8 nitrogen and oxygen atoms in total. The minimum absolute atomic E-state index is 0.833. The van der Waals surface area contributed by atoms with Gasteiger partial charge in [-0.15, -0.1) is 0 Å². The number of aliphatic carboxylic acids is 4. The van der Waals surface area contributed by atoms with Gasteiger partial charge in [-0.25, -0.2) is 0 Å². The Hall–Kier alpha value is -0.743. The molecule has 0 aromatic carbocycles. The molecule has 0 aliphatic rings. The SMILES string of the molecule is CC(=O)O.CC(=O)O.CC(=O)O.CC(=O)O.[W]#[W]. The van der Waals surface area contributed by atoms with Crippen molar-refractivity contribution < 1.29 is 71.5 Å². The van der Waals surface area contributed by atoms with Gasteiger partial charge in [-0.3, -0.25) is 19.2 Å². The summed E-state index contributed by atoms with van der Waals surface area (Å²) in [5.41, 5.74) is 0. The van der Waals surface area contributed by atoms with E-state index in [0.717, 1.165) is 27.7 Å². The molecule has 0 aliphatic carbocycles. The third kappa shape index (κ3) is 5610. The first-order chi connectivity index (χ1) is 7.93. The maximum atomic E-state index is 9.00. The van der Waals surface area contributed by atoms with Crippen LogP contribution in [0.5, 0.6) is 0 Å². The van der Waals surface area contributed by atoms with Gasteiger partial charge in [0.05, 0.1) is 0 Å². The zero-order chi connectivity index (χ0) is 16.3. The fourth-order valence-corrected chi connectivity index (χ4v) is 0. The predicted octanol–water partition coefficient (Wildman–Crippen LogP) is 0.359. The van der Waals surface area contributed by atoms with Crippen LogP contribution in [-0.2, 0) is 51.1 Å². The standard InChI is InChI=1S/4C2H4O2.2W/c4*1-2(3)4;;/h4*1H3,(H,3,4);;. The summed E-state index contributed by atoms with van der Waals surface area (Å²) in [5.74, 6) is -3.33. The van der Waals surface area contributed by atoms with Gasteiger partial charge in [0.15, 0.2) is 0 Å². The Labute approximate surface area is 123 Å². The van der Waals surface area contributed by atoms with E-state index in [9.17, 15) is 0 Å². The van der Waals surface area contributed by atoms with Crippen LogP contribution >= 0.6 is 0 Å². The van der Waals surface area contributed by atoms with Gasteiger partial charge in [0.25, 0.3) is 23.9 Å². The van der Waals surface area contributed by atoms with Crippen molar-refractivity contribution in [3.8, 4) is 0 Å². The Morgan fingerprint density at radius 2 is 0.556 bits per heavy atom. The molecule has 108 valence electrons. The van der Waals surface area contributed by atoms with Gasteiger partial charge in [-0.05, 0) is 0 Å². The molecule has 0 radical (unpaired) electrons. The van der Waals surface area contributed by atoms with E-state index in [4.69, 9.17) is 39.6 Å². The third-order valence-corrected chi connectivity index (χ3v) is 0. The first kappa shape index (κ1) is 30.4. The van der Waals surface area contributed by atoms with Gasteiger partial charge in [0.1, 0.15) is 0 Å². The number of rotatable bonds is 0. The van der Waals surface area contributed by atoms with E-state index in [1.165, 1.54) is 0 Å². The number of carboxylic acid groups (broad SMARTS) is 4. The Balaban J connectivity index is -0.0000000399. The molecule has 0 spiro atoms. The molecule has 0 amide bonds. The van der Waals surface area contributed by atoms with Gasteiger partial charge in [0, 0.05) is 27.7 Å². The van der Waals surface area contributed by atoms with E-state index < -0.39 is 23.9 Å². The van der Waals surface area contributed by atoms with Crippen LogP contribution in [0.25, 0.3) is 0 Å². The molecule has 0 unspecified atom stereocenters. The fourth-order valence-electron chi connectivity index (χ4n) is 0. The first-order valence-electron chi connectivity index (χ1n) is 3.88.